The van der Waals surface area contributed by atoms with Crippen molar-refractivity contribution in [1.82, 2.24) is 0 Å². The Kier molecular flexibility index (Phi) is 8.83. The highest BCUT2D eigenvalue weighted by molar-refractivity contribution is 6.11. The summed E-state index contributed by atoms with van der Waals surface area (Å²) in [4.78, 5) is 4.66. The van der Waals surface area contributed by atoms with Crippen molar-refractivity contribution >= 4 is 66.4 Å². The topological polar surface area (TPSA) is 15.7 Å². The second kappa shape index (κ2) is 15.3. The highest BCUT2D eigenvalue weighted by atomic mass is 16.5. The maximum Gasteiger partial charge on any atom is 0.137 e. The number of nitrogens with zero attached hydrogens (tertiary/aromatic N) is 2. The molecule has 63 heavy (non-hydrogen) atoms. The van der Waals surface area contributed by atoms with Crippen LogP contribution in [0.15, 0.2) is 243 Å². The Hall–Kier alpha value is -8.40. The molecule has 0 fully saturated rings. The summed E-state index contributed by atoms with van der Waals surface area (Å²) in [5.41, 5.74) is 13.5. The molecule has 0 unspecified atom stereocenters. The van der Waals surface area contributed by atoms with Gasteiger partial charge in [-0.25, -0.2) is 0 Å². The summed E-state index contributed by atoms with van der Waals surface area (Å²) in [5, 5.41) is 7.19. The molecular formula is C60H40N2O. The van der Waals surface area contributed by atoms with E-state index in [0.29, 0.717) is 0 Å². The minimum absolute atomic E-state index is 0.835. The molecule has 0 radical (unpaired) electrons. The van der Waals surface area contributed by atoms with Crippen molar-refractivity contribution in [2.75, 3.05) is 9.80 Å². The summed E-state index contributed by atoms with van der Waals surface area (Å²) in [7, 11) is 0. The lowest BCUT2D eigenvalue weighted by atomic mass is 9.93. The maximum absolute atomic E-state index is 6.91. The van der Waals surface area contributed by atoms with Gasteiger partial charge in [-0.2, -0.15) is 0 Å². The Balaban J connectivity index is 0.986. The van der Waals surface area contributed by atoms with Gasteiger partial charge >= 0.3 is 0 Å². The van der Waals surface area contributed by atoms with E-state index in [1.165, 1.54) is 43.8 Å². The fourth-order valence-corrected chi connectivity index (χ4v) is 9.50. The summed E-state index contributed by atoms with van der Waals surface area (Å²) in [5.74, 6) is 1.68. The first-order valence-electron chi connectivity index (χ1n) is 21.5. The van der Waals surface area contributed by atoms with Crippen LogP contribution in [0.25, 0.3) is 65.7 Å². The van der Waals surface area contributed by atoms with Gasteiger partial charge in [-0.1, -0.05) is 164 Å². The largest absolute Gasteiger partial charge is 0.456 e. The monoisotopic (exact) mass is 804 g/mol. The van der Waals surface area contributed by atoms with Crippen molar-refractivity contribution in [3.63, 3.8) is 0 Å². The van der Waals surface area contributed by atoms with Gasteiger partial charge in [-0.3, -0.25) is 0 Å². The molecule has 1 heterocycles. The standard InChI is InChI=1S/C60H40N2O/c1-3-18-45(19-4-1)61(46-20-5-2-6-21-46)49-36-37-54-55-26-13-27-56-57(38-39-58(60(55)56)63-59(54)40-49)62(47-32-28-43(29-33-47)52-24-11-16-41-14-7-9-22-50(41)52)48-34-30-44(31-35-48)53-25-12-17-42-15-8-10-23-51(42)53/h1-40H. The van der Waals surface area contributed by atoms with E-state index in [0.717, 1.165) is 67.5 Å². The van der Waals surface area contributed by atoms with Crippen LogP contribution < -0.4 is 14.5 Å². The maximum atomic E-state index is 6.91. The van der Waals surface area contributed by atoms with Gasteiger partial charge in [0.2, 0.25) is 0 Å². The summed E-state index contributed by atoms with van der Waals surface area (Å²) in [6.45, 7) is 0. The fraction of sp³-hybridized carbons (Fsp3) is 0. The minimum Gasteiger partial charge on any atom is -0.456 e. The molecule has 0 bridgehead atoms. The van der Waals surface area contributed by atoms with Crippen molar-refractivity contribution < 1.29 is 4.74 Å². The third-order valence-corrected chi connectivity index (χ3v) is 12.4. The van der Waals surface area contributed by atoms with Crippen molar-refractivity contribution in [2.24, 2.45) is 0 Å². The van der Waals surface area contributed by atoms with E-state index in [9.17, 15) is 0 Å². The van der Waals surface area contributed by atoms with Crippen LogP contribution in [0.4, 0.5) is 34.1 Å². The lowest BCUT2D eigenvalue weighted by Gasteiger charge is -2.30. The highest BCUT2D eigenvalue weighted by Crippen LogP contribution is 2.52. The van der Waals surface area contributed by atoms with Crippen molar-refractivity contribution in [3.05, 3.63) is 243 Å². The summed E-state index contributed by atoms with van der Waals surface area (Å²) in [6, 6.07) is 86.9. The third kappa shape index (κ3) is 6.38. The number of fused-ring (bicyclic) bond motifs is 4. The lowest BCUT2D eigenvalue weighted by Crippen LogP contribution is -2.12. The molecule has 0 saturated carbocycles. The van der Waals surface area contributed by atoms with Gasteiger partial charge in [0, 0.05) is 50.8 Å². The van der Waals surface area contributed by atoms with Crippen LogP contribution in [0.2, 0.25) is 0 Å². The van der Waals surface area contributed by atoms with E-state index in [1.54, 1.807) is 0 Å². The quantitative estimate of drug-likeness (QED) is 0.152. The summed E-state index contributed by atoms with van der Waals surface area (Å²) in [6.07, 6.45) is 0. The number of anilines is 6. The molecule has 296 valence electrons. The van der Waals surface area contributed by atoms with E-state index in [2.05, 4.69) is 252 Å². The molecule has 0 spiro atoms. The fourth-order valence-electron chi connectivity index (χ4n) is 9.50. The normalized spacial score (nSPS) is 11.6. The molecule has 0 aromatic heterocycles. The zero-order chi connectivity index (χ0) is 41.7. The van der Waals surface area contributed by atoms with Crippen LogP contribution in [0.1, 0.15) is 0 Å². The Morgan fingerprint density at radius 1 is 0.270 bits per heavy atom. The molecule has 0 atom stereocenters. The van der Waals surface area contributed by atoms with E-state index < -0.39 is 0 Å². The third-order valence-electron chi connectivity index (χ3n) is 12.4. The van der Waals surface area contributed by atoms with Gasteiger partial charge in [0.15, 0.2) is 0 Å². The molecule has 12 rings (SSSR count). The number of rotatable bonds is 8. The van der Waals surface area contributed by atoms with Gasteiger partial charge in [-0.15, -0.1) is 0 Å². The molecule has 11 aromatic rings. The zero-order valence-corrected chi connectivity index (χ0v) is 34.4. The predicted octanol–water partition coefficient (Wildman–Crippen LogP) is 17.2. The molecule has 3 heteroatoms. The molecule has 0 amide bonds. The van der Waals surface area contributed by atoms with Crippen LogP contribution in [-0.4, -0.2) is 0 Å². The van der Waals surface area contributed by atoms with Crippen molar-refractivity contribution in [2.45, 2.75) is 0 Å². The van der Waals surface area contributed by atoms with Crippen molar-refractivity contribution in [1.29, 1.82) is 0 Å². The number of ether oxygens (including phenoxy) is 1. The van der Waals surface area contributed by atoms with E-state index in [4.69, 9.17) is 4.74 Å². The van der Waals surface area contributed by atoms with Gasteiger partial charge in [0.25, 0.3) is 0 Å². The molecule has 11 aromatic carbocycles. The number of hydrogen-bond donors (Lipinski definition) is 0. The number of benzene rings is 11. The van der Waals surface area contributed by atoms with E-state index in [1.807, 2.05) is 0 Å². The van der Waals surface area contributed by atoms with Crippen LogP contribution in [0, 0.1) is 0 Å². The second-order valence-corrected chi connectivity index (χ2v) is 16.1. The molecule has 0 N–H and O–H groups in total. The summed E-state index contributed by atoms with van der Waals surface area (Å²) < 4.78 is 6.91. The molecule has 3 nitrogen and oxygen atoms in total. The molecule has 0 saturated heterocycles. The van der Waals surface area contributed by atoms with Gasteiger partial charge in [0.05, 0.1) is 5.69 Å². The predicted molar refractivity (Wildman–Crippen MR) is 265 cm³/mol. The smallest absolute Gasteiger partial charge is 0.137 e. The highest BCUT2D eigenvalue weighted by Gasteiger charge is 2.26. The van der Waals surface area contributed by atoms with Gasteiger partial charge in [0.1, 0.15) is 11.5 Å². The van der Waals surface area contributed by atoms with Gasteiger partial charge < -0.3 is 14.5 Å². The first-order valence-corrected chi connectivity index (χ1v) is 21.5. The Morgan fingerprint density at radius 3 is 1.32 bits per heavy atom. The Labute approximate surface area is 367 Å². The number of para-hydroxylation sites is 2. The van der Waals surface area contributed by atoms with Crippen LogP contribution >= 0.6 is 0 Å². The molecule has 1 aliphatic rings. The SMILES string of the molecule is c1ccc(N(c2ccccc2)c2ccc3c(c2)Oc2ccc(N(c4ccc(-c5cccc6ccccc56)cc4)c4ccc(-c5cccc6ccccc56)cc4)c4cccc-3c24)cc1. The van der Waals surface area contributed by atoms with Crippen LogP contribution in [0.5, 0.6) is 11.5 Å². The van der Waals surface area contributed by atoms with Crippen molar-refractivity contribution in [3.8, 4) is 44.9 Å². The minimum atomic E-state index is 0.835. The van der Waals surface area contributed by atoms with E-state index in [-0.39, 0.29) is 0 Å². The van der Waals surface area contributed by atoms with Crippen LogP contribution in [0.3, 0.4) is 0 Å². The zero-order valence-electron chi connectivity index (χ0n) is 34.4. The summed E-state index contributed by atoms with van der Waals surface area (Å²) >= 11 is 0. The second-order valence-electron chi connectivity index (χ2n) is 16.1. The average Bonchev–Trinajstić information content (AvgIpc) is 3.35. The number of hydrogen-bond acceptors (Lipinski definition) is 3. The van der Waals surface area contributed by atoms with E-state index >= 15 is 0 Å². The lowest BCUT2D eigenvalue weighted by molar-refractivity contribution is 0.487. The molecule has 0 aliphatic carbocycles. The Morgan fingerprint density at radius 2 is 0.730 bits per heavy atom. The van der Waals surface area contributed by atoms with Gasteiger partial charge in [-0.05, 0) is 122 Å². The average molecular weight is 805 g/mol. The molecular weight excluding hydrogens is 765 g/mol. The molecule has 1 aliphatic heterocycles. The Bertz CT molecular complexity index is 3300. The van der Waals surface area contributed by atoms with Crippen LogP contribution in [-0.2, 0) is 0 Å². The first-order chi connectivity index (χ1) is 31.2. The first kappa shape index (κ1) is 36.5.